The predicted molar refractivity (Wildman–Crippen MR) is 67.4 cm³/mol. The Morgan fingerprint density at radius 2 is 2.16 bits per heavy atom. The summed E-state index contributed by atoms with van der Waals surface area (Å²) in [6, 6.07) is 3.28. The molecule has 1 saturated heterocycles. The van der Waals surface area contributed by atoms with Crippen LogP contribution in [0.1, 0.15) is 37.0 Å². The van der Waals surface area contributed by atoms with Gasteiger partial charge in [0.2, 0.25) is 5.82 Å². The van der Waals surface area contributed by atoms with E-state index in [1.165, 1.54) is 6.07 Å². The van der Waals surface area contributed by atoms with Gasteiger partial charge in [-0.05, 0) is 38.8 Å². The van der Waals surface area contributed by atoms with E-state index >= 15 is 0 Å². The van der Waals surface area contributed by atoms with E-state index in [1.54, 1.807) is 4.90 Å². The zero-order valence-corrected chi connectivity index (χ0v) is 10.9. The summed E-state index contributed by atoms with van der Waals surface area (Å²) >= 11 is 0. The molecule has 1 aliphatic heterocycles. The maximum Gasteiger partial charge on any atom is 0.304 e. The molecule has 0 atom stereocenters. The molecule has 19 heavy (non-hydrogen) atoms. The summed E-state index contributed by atoms with van der Waals surface area (Å²) in [5.74, 6) is -1.26. The molecule has 0 spiro atoms. The number of nitro groups is 1. The lowest BCUT2D eigenvalue weighted by molar-refractivity contribution is -0.387. The minimum absolute atomic E-state index is 0.151. The number of halogens is 1. The van der Waals surface area contributed by atoms with Crippen LogP contribution in [-0.2, 0) is 0 Å². The molecular formula is C13H15FN2O3. The SMILES string of the molecule is CC1(C)CCCN1C(=O)c1ccc([N+](=O)[O-])c(F)c1. The van der Waals surface area contributed by atoms with Gasteiger partial charge in [-0.2, -0.15) is 4.39 Å². The van der Waals surface area contributed by atoms with Gasteiger partial charge in [-0.1, -0.05) is 0 Å². The van der Waals surface area contributed by atoms with Gasteiger partial charge >= 0.3 is 5.69 Å². The Hall–Kier alpha value is -1.98. The molecule has 0 aliphatic carbocycles. The van der Waals surface area contributed by atoms with Crippen LogP contribution < -0.4 is 0 Å². The number of carbonyl (C=O) groups is 1. The van der Waals surface area contributed by atoms with Crippen molar-refractivity contribution in [1.29, 1.82) is 0 Å². The van der Waals surface area contributed by atoms with E-state index in [9.17, 15) is 19.3 Å². The van der Waals surface area contributed by atoms with Crippen LogP contribution >= 0.6 is 0 Å². The summed E-state index contributed by atoms with van der Waals surface area (Å²) in [6.45, 7) is 4.55. The first kappa shape index (κ1) is 13.5. The molecule has 6 heteroatoms. The quantitative estimate of drug-likeness (QED) is 0.610. The average Bonchev–Trinajstić information content (AvgIpc) is 2.67. The lowest BCUT2D eigenvalue weighted by Crippen LogP contribution is -2.42. The monoisotopic (exact) mass is 266 g/mol. The number of hydrogen-bond acceptors (Lipinski definition) is 3. The Morgan fingerprint density at radius 3 is 2.63 bits per heavy atom. The number of likely N-dealkylation sites (tertiary alicyclic amines) is 1. The van der Waals surface area contributed by atoms with Crippen molar-refractivity contribution < 1.29 is 14.1 Å². The fourth-order valence-electron chi connectivity index (χ4n) is 2.43. The van der Waals surface area contributed by atoms with Crippen LogP contribution in [0.5, 0.6) is 0 Å². The standard InChI is InChI=1S/C13H15FN2O3/c1-13(2)6-3-7-15(13)12(17)9-4-5-11(16(18)19)10(14)8-9/h4-5,8H,3,6-7H2,1-2H3. The van der Waals surface area contributed by atoms with Gasteiger partial charge in [0, 0.05) is 23.7 Å². The number of benzene rings is 1. The molecule has 0 saturated carbocycles. The lowest BCUT2D eigenvalue weighted by Gasteiger charge is -2.31. The molecule has 2 rings (SSSR count). The van der Waals surface area contributed by atoms with Crippen molar-refractivity contribution in [3.05, 3.63) is 39.7 Å². The van der Waals surface area contributed by atoms with Gasteiger partial charge in [-0.25, -0.2) is 0 Å². The Morgan fingerprint density at radius 1 is 1.47 bits per heavy atom. The number of carbonyl (C=O) groups excluding carboxylic acids is 1. The highest BCUT2D eigenvalue weighted by Gasteiger charge is 2.36. The molecule has 0 unspecified atom stereocenters. The third kappa shape index (κ3) is 2.43. The highest BCUT2D eigenvalue weighted by molar-refractivity contribution is 5.95. The van der Waals surface area contributed by atoms with E-state index < -0.39 is 16.4 Å². The van der Waals surface area contributed by atoms with Crippen LogP contribution in [0.2, 0.25) is 0 Å². The van der Waals surface area contributed by atoms with Gasteiger partial charge in [-0.15, -0.1) is 0 Å². The van der Waals surface area contributed by atoms with Gasteiger partial charge < -0.3 is 4.90 Å². The van der Waals surface area contributed by atoms with Crippen molar-refractivity contribution in [3.8, 4) is 0 Å². The summed E-state index contributed by atoms with van der Waals surface area (Å²) in [5.41, 5.74) is -0.717. The molecule has 1 aromatic rings. The van der Waals surface area contributed by atoms with Crippen LogP contribution in [0.3, 0.4) is 0 Å². The molecule has 102 valence electrons. The Bertz CT molecular complexity index is 543. The lowest BCUT2D eigenvalue weighted by atomic mass is 10.0. The van der Waals surface area contributed by atoms with Crippen molar-refractivity contribution in [2.24, 2.45) is 0 Å². The van der Waals surface area contributed by atoms with E-state index in [0.29, 0.717) is 6.54 Å². The second-order valence-electron chi connectivity index (χ2n) is 5.30. The molecule has 0 aromatic heterocycles. The molecule has 5 nitrogen and oxygen atoms in total. The number of hydrogen-bond donors (Lipinski definition) is 0. The number of amides is 1. The summed E-state index contributed by atoms with van der Waals surface area (Å²) < 4.78 is 13.5. The van der Waals surface area contributed by atoms with Gasteiger partial charge in [0.05, 0.1) is 4.92 Å². The Labute approximate surface area is 110 Å². The second kappa shape index (κ2) is 4.60. The minimum Gasteiger partial charge on any atom is -0.334 e. The molecule has 1 amide bonds. The summed E-state index contributed by atoms with van der Waals surface area (Å²) in [5, 5.41) is 10.5. The molecular weight excluding hydrogens is 251 g/mol. The van der Waals surface area contributed by atoms with Gasteiger partial charge in [-0.3, -0.25) is 14.9 Å². The van der Waals surface area contributed by atoms with Crippen LogP contribution in [0.15, 0.2) is 18.2 Å². The normalized spacial score (nSPS) is 17.5. The predicted octanol–water partition coefficient (Wildman–Crippen LogP) is 2.75. The zero-order chi connectivity index (χ0) is 14.2. The molecule has 0 bridgehead atoms. The maximum atomic E-state index is 13.5. The van der Waals surface area contributed by atoms with Crippen LogP contribution in [0.4, 0.5) is 10.1 Å². The third-order valence-electron chi connectivity index (χ3n) is 3.54. The number of rotatable bonds is 2. The summed E-state index contributed by atoms with van der Waals surface area (Å²) in [4.78, 5) is 23.7. The van der Waals surface area contributed by atoms with Crippen LogP contribution in [0.25, 0.3) is 0 Å². The van der Waals surface area contributed by atoms with Gasteiger partial charge in [0.15, 0.2) is 0 Å². The summed E-state index contributed by atoms with van der Waals surface area (Å²) in [6.07, 6.45) is 1.81. The van der Waals surface area contributed by atoms with E-state index in [0.717, 1.165) is 25.0 Å². The van der Waals surface area contributed by atoms with Crippen molar-refractivity contribution >= 4 is 11.6 Å². The zero-order valence-electron chi connectivity index (χ0n) is 10.9. The number of nitrogens with zero attached hydrogens (tertiary/aromatic N) is 2. The minimum atomic E-state index is -0.979. The topological polar surface area (TPSA) is 63.5 Å². The first-order chi connectivity index (χ1) is 8.83. The maximum absolute atomic E-state index is 13.5. The van der Waals surface area contributed by atoms with Crippen LogP contribution in [-0.4, -0.2) is 27.8 Å². The smallest absolute Gasteiger partial charge is 0.304 e. The molecule has 1 fully saturated rings. The second-order valence-corrected chi connectivity index (χ2v) is 5.30. The molecule has 1 aromatic carbocycles. The summed E-state index contributed by atoms with van der Waals surface area (Å²) in [7, 11) is 0. The fourth-order valence-corrected chi connectivity index (χ4v) is 2.43. The van der Waals surface area contributed by atoms with Gasteiger partial charge in [0.1, 0.15) is 0 Å². The largest absolute Gasteiger partial charge is 0.334 e. The first-order valence-electron chi connectivity index (χ1n) is 6.09. The van der Waals surface area contributed by atoms with Crippen molar-refractivity contribution in [3.63, 3.8) is 0 Å². The molecule has 1 aliphatic rings. The molecule has 1 heterocycles. The van der Waals surface area contributed by atoms with E-state index in [1.807, 2.05) is 13.8 Å². The third-order valence-corrected chi connectivity index (χ3v) is 3.54. The first-order valence-corrected chi connectivity index (χ1v) is 6.09. The van der Waals surface area contributed by atoms with E-state index in [2.05, 4.69) is 0 Å². The molecule has 0 N–H and O–H groups in total. The highest BCUT2D eigenvalue weighted by Crippen LogP contribution is 2.30. The fraction of sp³-hybridized carbons (Fsp3) is 0.462. The average molecular weight is 266 g/mol. The van der Waals surface area contributed by atoms with Gasteiger partial charge in [0.25, 0.3) is 5.91 Å². The Balaban J connectivity index is 2.30. The molecule has 0 radical (unpaired) electrons. The van der Waals surface area contributed by atoms with Crippen molar-refractivity contribution in [2.75, 3.05) is 6.54 Å². The number of nitro benzene ring substituents is 1. The van der Waals surface area contributed by atoms with Crippen molar-refractivity contribution in [1.82, 2.24) is 4.90 Å². The van der Waals surface area contributed by atoms with E-state index in [4.69, 9.17) is 0 Å². The van der Waals surface area contributed by atoms with Crippen molar-refractivity contribution in [2.45, 2.75) is 32.2 Å². The van der Waals surface area contributed by atoms with E-state index in [-0.39, 0.29) is 17.0 Å². The Kier molecular flexibility index (Phi) is 3.26. The highest BCUT2D eigenvalue weighted by atomic mass is 19.1. The van der Waals surface area contributed by atoms with Crippen LogP contribution in [0, 0.1) is 15.9 Å².